The first-order valence-electron chi connectivity index (χ1n) is 11.6. The van der Waals surface area contributed by atoms with Crippen molar-refractivity contribution in [2.75, 3.05) is 42.5 Å². The predicted molar refractivity (Wildman–Crippen MR) is 149 cm³/mol. The number of carbonyl (C=O) groups is 2. The van der Waals surface area contributed by atoms with E-state index >= 15 is 0 Å². The molecule has 4 heterocycles. The number of benzene rings is 1. The highest BCUT2D eigenvalue weighted by molar-refractivity contribution is 8.26. The lowest BCUT2D eigenvalue weighted by atomic mass is 10.2. The van der Waals surface area contributed by atoms with Crippen molar-refractivity contribution in [2.45, 2.75) is 6.42 Å². The third-order valence-electron chi connectivity index (χ3n) is 6.20. The molecule has 2 aromatic heterocycles. The summed E-state index contributed by atoms with van der Waals surface area (Å²) < 4.78 is 1.71. The molecule has 3 aromatic rings. The van der Waals surface area contributed by atoms with Crippen molar-refractivity contribution in [3.63, 3.8) is 0 Å². The van der Waals surface area contributed by atoms with Crippen molar-refractivity contribution < 1.29 is 14.7 Å². The van der Waals surface area contributed by atoms with Crippen LogP contribution in [0.4, 0.5) is 11.5 Å². The van der Waals surface area contributed by atoms with Crippen LogP contribution in [0, 0.1) is 0 Å². The molecule has 5 rings (SSSR count). The number of thioether (sulfide) groups is 1. The first kappa shape index (κ1) is 25.2. The van der Waals surface area contributed by atoms with Gasteiger partial charge in [-0.15, -0.1) is 0 Å². The molecule has 190 valence electrons. The molecule has 0 radical (unpaired) electrons. The topological polar surface area (TPSA) is 98.5 Å². The van der Waals surface area contributed by atoms with Gasteiger partial charge in [-0.2, -0.15) is 0 Å². The minimum atomic E-state index is -1.02. The third-order valence-corrected chi connectivity index (χ3v) is 7.81. The van der Waals surface area contributed by atoms with Gasteiger partial charge < -0.3 is 14.9 Å². The Kier molecular flexibility index (Phi) is 7.18. The van der Waals surface area contributed by atoms with Gasteiger partial charge in [0, 0.05) is 49.6 Å². The van der Waals surface area contributed by atoms with E-state index in [9.17, 15) is 14.4 Å². The van der Waals surface area contributed by atoms with Crippen LogP contribution >= 0.6 is 35.6 Å². The van der Waals surface area contributed by atoms with Gasteiger partial charge in [-0.1, -0.05) is 47.7 Å². The van der Waals surface area contributed by atoms with Crippen molar-refractivity contribution >= 4 is 75.0 Å². The quantitative estimate of drug-likeness (QED) is 0.362. The number of hydrogen-bond donors (Lipinski definition) is 1. The highest BCUT2D eigenvalue weighted by Crippen LogP contribution is 2.34. The number of thiocarbonyl (C=S) groups is 1. The van der Waals surface area contributed by atoms with Gasteiger partial charge in [0.1, 0.15) is 15.8 Å². The average Bonchev–Trinajstić information content (AvgIpc) is 3.16. The first-order valence-corrected chi connectivity index (χ1v) is 13.2. The molecule has 0 aliphatic carbocycles. The van der Waals surface area contributed by atoms with Crippen molar-refractivity contribution in [2.24, 2.45) is 0 Å². The molecule has 0 spiro atoms. The van der Waals surface area contributed by atoms with Crippen LogP contribution in [-0.4, -0.2) is 68.3 Å². The molecule has 2 fully saturated rings. The van der Waals surface area contributed by atoms with Crippen LogP contribution < -0.4 is 15.4 Å². The second kappa shape index (κ2) is 10.5. The summed E-state index contributed by atoms with van der Waals surface area (Å²) in [5.74, 6) is -0.933. The summed E-state index contributed by atoms with van der Waals surface area (Å²) in [6, 6.07) is 13.0. The van der Waals surface area contributed by atoms with Gasteiger partial charge in [0.15, 0.2) is 0 Å². The molecule has 37 heavy (non-hydrogen) atoms. The zero-order chi connectivity index (χ0) is 26.1. The Hall–Kier alpha value is -3.41. The summed E-state index contributed by atoms with van der Waals surface area (Å²) >= 11 is 12.5. The highest BCUT2D eigenvalue weighted by Gasteiger charge is 2.33. The van der Waals surface area contributed by atoms with Gasteiger partial charge in [0.05, 0.1) is 16.9 Å². The Morgan fingerprint density at radius 3 is 2.59 bits per heavy atom. The smallest absolute Gasteiger partial charge is 0.305 e. The minimum absolute atomic E-state index is 0.0232. The Balaban J connectivity index is 1.49. The van der Waals surface area contributed by atoms with Crippen LogP contribution in [-0.2, 0) is 9.59 Å². The van der Waals surface area contributed by atoms with Gasteiger partial charge >= 0.3 is 5.97 Å². The molecule has 0 saturated carbocycles. The zero-order valence-electron chi connectivity index (χ0n) is 19.5. The van der Waals surface area contributed by atoms with E-state index in [1.165, 1.54) is 15.4 Å². The summed E-state index contributed by atoms with van der Waals surface area (Å²) in [5.41, 5.74) is 1.53. The summed E-state index contributed by atoms with van der Waals surface area (Å²) in [7, 11) is 0. The van der Waals surface area contributed by atoms with Crippen LogP contribution in [0.2, 0.25) is 5.02 Å². The zero-order valence-corrected chi connectivity index (χ0v) is 21.9. The lowest BCUT2D eigenvalue weighted by Crippen LogP contribution is -2.47. The van der Waals surface area contributed by atoms with Crippen molar-refractivity contribution in [1.82, 2.24) is 14.3 Å². The lowest BCUT2D eigenvalue weighted by molar-refractivity contribution is -0.137. The van der Waals surface area contributed by atoms with E-state index in [-0.39, 0.29) is 27.8 Å². The number of aromatic nitrogens is 2. The van der Waals surface area contributed by atoms with Crippen molar-refractivity contribution in [3.05, 3.63) is 74.5 Å². The Morgan fingerprint density at radius 1 is 1.11 bits per heavy atom. The van der Waals surface area contributed by atoms with Crippen LogP contribution in [0.15, 0.2) is 58.4 Å². The summed E-state index contributed by atoms with van der Waals surface area (Å²) in [6.45, 7) is 2.61. The number of hydrogen-bond acceptors (Lipinski definition) is 8. The molecule has 2 aliphatic rings. The fraction of sp³-hybridized carbons (Fsp3) is 0.240. The number of pyridine rings is 1. The second-order valence-electron chi connectivity index (χ2n) is 8.51. The van der Waals surface area contributed by atoms with Crippen LogP contribution in [0.25, 0.3) is 11.7 Å². The maximum atomic E-state index is 13.6. The number of aliphatic carboxylic acids is 1. The van der Waals surface area contributed by atoms with Gasteiger partial charge in [-0.25, -0.2) is 4.98 Å². The normalized spacial score (nSPS) is 17.3. The molecule has 2 aliphatic heterocycles. The largest absolute Gasteiger partial charge is 0.481 e. The minimum Gasteiger partial charge on any atom is -0.481 e. The monoisotopic (exact) mass is 555 g/mol. The number of anilines is 2. The van der Waals surface area contributed by atoms with Gasteiger partial charge in [0.2, 0.25) is 0 Å². The molecular weight excluding hydrogens is 534 g/mol. The van der Waals surface area contributed by atoms with E-state index in [4.69, 9.17) is 33.9 Å². The number of carboxylic acid groups (broad SMARTS) is 1. The number of amides is 1. The molecule has 1 amide bonds. The number of nitrogens with zero attached hydrogens (tertiary/aromatic N) is 5. The highest BCUT2D eigenvalue weighted by atomic mass is 35.5. The van der Waals surface area contributed by atoms with Crippen LogP contribution in [0.3, 0.4) is 0 Å². The van der Waals surface area contributed by atoms with Crippen LogP contribution in [0.5, 0.6) is 0 Å². The number of halogens is 1. The number of rotatable bonds is 6. The molecule has 9 nitrogen and oxygen atoms in total. The molecular formula is C25H22ClN5O4S2. The number of piperazine rings is 1. The molecule has 0 bridgehead atoms. The summed E-state index contributed by atoms with van der Waals surface area (Å²) in [6.07, 6.45) is 2.95. The van der Waals surface area contributed by atoms with Gasteiger partial charge in [-0.05, 0) is 36.4 Å². The third kappa shape index (κ3) is 5.20. The van der Waals surface area contributed by atoms with E-state index in [1.807, 2.05) is 35.2 Å². The van der Waals surface area contributed by atoms with E-state index in [1.54, 1.807) is 18.3 Å². The Labute approximate surface area is 226 Å². The average molecular weight is 556 g/mol. The fourth-order valence-corrected chi connectivity index (χ4v) is 5.81. The Morgan fingerprint density at radius 2 is 1.86 bits per heavy atom. The predicted octanol–water partition coefficient (Wildman–Crippen LogP) is 3.35. The summed E-state index contributed by atoms with van der Waals surface area (Å²) in [4.78, 5) is 48.2. The van der Waals surface area contributed by atoms with E-state index in [0.717, 1.165) is 17.4 Å². The maximum Gasteiger partial charge on any atom is 0.305 e. The molecule has 0 unspecified atom stereocenters. The van der Waals surface area contributed by atoms with E-state index in [0.29, 0.717) is 48.2 Å². The van der Waals surface area contributed by atoms with Gasteiger partial charge in [0.25, 0.3) is 11.5 Å². The SMILES string of the molecule is O=C(O)CCN1C(=O)C(=Cc2c(N3CCN(c4cccc(Cl)c4)CC3)nc3ccccn3c2=O)SC1=S. The maximum absolute atomic E-state index is 13.6. The van der Waals surface area contributed by atoms with E-state index < -0.39 is 11.9 Å². The summed E-state index contributed by atoms with van der Waals surface area (Å²) in [5, 5.41) is 9.67. The first-order chi connectivity index (χ1) is 17.8. The van der Waals surface area contributed by atoms with Crippen molar-refractivity contribution in [3.8, 4) is 0 Å². The number of fused-ring (bicyclic) bond motifs is 1. The van der Waals surface area contributed by atoms with Crippen molar-refractivity contribution in [1.29, 1.82) is 0 Å². The van der Waals surface area contributed by atoms with Crippen LogP contribution in [0.1, 0.15) is 12.0 Å². The second-order valence-corrected chi connectivity index (χ2v) is 10.6. The molecule has 12 heteroatoms. The number of carbonyl (C=O) groups excluding carboxylic acids is 1. The Bertz CT molecular complexity index is 1500. The molecule has 0 atom stereocenters. The molecule has 1 aromatic carbocycles. The van der Waals surface area contributed by atoms with E-state index in [2.05, 4.69) is 4.90 Å². The van der Waals surface area contributed by atoms with Gasteiger partial charge in [-0.3, -0.25) is 23.7 Å². The standard InChI is InChI=1S/C25H22ClN5O4S2/c26-16-4-3-5-17(14-16)28-10-12-29(13-11-28)22-18(23(34)30-8-2-1-6-20(30)27-22)15-19-24(35)31(25(36)37-19)9-7-21(32)33/h1-6,8,14-15H,7,9-13H2,(H,32,33). The molecule has 2 saturated heterocycles. The fourth-order valence-electron chi connectivity index (χ4n) is 4.34. The lowest BCUT2D eigenvalue weighted by Gasteiger charge is -2.37. The number of carboxylic acids is 1. The molecule has 1 N–H and O–H groups in total.